The Balaban J connectivity index is 1.64. The van der Waals surface area contributed by atoms with Crippen LogP contribution in [-0.2, 0) is 23.1 Å². The zero-order valence-corrected chi connectivity index (χ0v) is 22.4. The van der Waals surface area contributed by atoms with Gasteiger partial charge in [0, 0.05) is 37.8 Å². The third kappa shape index (κ3) is 5.51. The predicted molar refractivity (Wildman–Crippen MR) is 145 cm³/mol. The number of fused-ring (bicyclic) bond motifs is 1. The van der Waals surface area contributed by atoms with Gasteiger partial charge >= 0.3 is 0 Å². The molecule has 4 aromatic rings. The van der Waals surface area contributed by atoms with Gasteiger partial charge in [-0.15, -0.1) is 6.58 Å². The quantitative estimate of drug-likeness (QED) is 0.294. The van der Waals surface area contributed by atoms with Crippen LogP contribution in [0.3, 0.4) is 0 Å². The van der Waals surface area contributed by atoms with Crippen LogP contribution in [0.5, 0.6) is 11.5 Å². The number of carbonyl (C=O) groups is 1. The molecule has 8 nitrogen and oxygen atoms in total. The Labute approximate surface area is 219 Å². The molecule has 192 valence electrons. The van der Waals surface area contributed by atoms with E-state index >= 15 is 0 Å². The second-order valence-corrected chi connectivity index (χ2v) is 11.2. The molecule has 0 bridgehead atoms. The van der Waals surface area contributed by atoms with Crippen molar-refractivity contribution in [2.45, 2.75) is 18.0 Å². The van der Waals surface area contributed by atoms with Crippen molar-refractivity contribution in [1.82, 2.24) is 8.87 Å². The summed E-state index contributed by atoms with van der Waals surface area (Å²) in [6.45, 7) is 4.49. The van der Waals surface area contributed by atoms with Gasteiger partial charge in [-0.05, 0) is 29.8 Å². The van der Waals surface area contributed by atoms with Gasteiger partial charge < -0.3 is 14.0 Å². The first-order chi connectivity index (χ1) is 17.8. The van der Waals surface area contributed by atoms with Gasteiger partial charge in [0.05, 0.1) is 29.3 Å². The molecule has 0 aliphatic heterocycles. The maximum absolute atomic E-state index is 13.0. The van der Waals surface area contributed by atoms with Crippen LogP contribution in [0.2, 0.25) is 0 Å². The standard InChI is InChI=1S/C27H27N3O5S2/c1-5-15-30-22-16-23(34-3)24(35-4)17-25(22)36-27(30)28-26(31)20-11-13-21(14-12-20)37(32,33)29(2)18-19-9-7-6-8-10-19/h5-14,16-17H,1,15,18H2,2-4H3. The van der Waals surface area contributed by atoms with E-state index in [0.717, 1.165) is 15.8 Å². The summed E-state index contributed by atoms with van der Waals surface area (Å²) >= 11 is 1.34. The van der Waals surface area contributed by atoms with Crippen LogP contribution in [0, 0.1) is 0 Å². The highest BCUT2D eigenvalue weighted by molar-refractivity contribution is 7.89. The third-order valence-corrected chi connectivity index (χ3v) is 8.61. The number of benzene rings is 3. The number of carbonyl (C=O) groups excluding carboxylic acids is 1. The van der Waals surface area contributed by atoms with Crippen molar-refractivity contribution in [3.63, 3.8) is 0 Å². The average molecular weight is 538 g/mol. The van der Waals surface area contributed by atoms with Gasteiger partial charge in [-0.1, -0.05) is 47.7 Å². The molecule has 37 heavy (non-hydrogen) atoms. The highest BCUT2D eigenvalue weighted by Gasteiger charge is 2.21. The molecule has 1 heterocycles. The summed E-state index contributed by atoms with van der Waals surface area (Å²) in [6.07, 6.45) is 1.72. The van der Waals surface area contributed by atoms with Gasteiger partial charge in [0.25, 0.3) is 5.91 Å². The lowest BCUT2D eigenvalue weighted by Gasteiger charge is -2.17. The summed E-state index contributed by atoms with van der Waals surface area (Å²) in [6, 6.07) is 18.8. The molecule has 0 spiro atoms. The normalized spacial score (nSPS) is 12.2. The molecular formula is C27H27N3O5S2. The molecular weight excluding hydrogens is 510 g/mol. The topological polar surface area (TPSA) is 90.2 Å². The maximum atomic E-state index is 13.0. The van der Waals surface area contributed by atoms with Crippen molar-refractivity contribution >= 4 is 37.5 Å². The fraction of sp³-hybridized carbons (Fsp3) is 0.185. The van der Waals surface area contributed by atoms with E-state index < -0.39 is 15.9 Å². The third-order valence-electron chi connectivity index (χ3n) is 5.75. The van der Waals surface area contributed by atoms with Crippen molar-refractivity contribution in [2.75, 3.05) is 21.3 Å². The lowest BCUT2D eigenvalue weighted by atomic mass is 10.2. The molecule has 0 atom stereocenters. The molecule has 0 radical (unpaired) electrons. The van der Waals surface area contributed by atoms with E-state index in [4.69, 9.17) is 9.47 Å². The molecule has 1 aromatic heterocycles. The molecule has 0 aliphatic rings. The number of nitrogens with zero attached hydrogens (tertiary/aromatic N) is 3. The van der Waals surface area contributed by atoms with Crippen molar-refractivity contribution < 1.29 is 22.7 Å². The van der Waals surface area contributed by atoms with Gasteiger partial charge in [-0.25, -0.2) is 8.42 Å². The Morgan fingerprint density at radius 1 is 1.05 bits per heavy atom. The van der Waals surface area contributed by atoms with Crippen LogP contribution in [0.15, 0.2) is 89.3 Å². The van der Waals surface area contributed by atoms with Crippen LogP contribution in [0.1, 0.15) is 15.9 Å². The number of methoxy groups -OCH3 is 2. The first-order valence-corrected chi connectivity index (χ1v) is 13.6. The molecule has 4 rings (SSSR count). The molecule has 1 amide bonds. The predicted octanol–water partition coefficient (Wildman–Crippen LogP) is 4.47. The van der Waals surface area contributed by atoms with E-state index in [1.54, 1.807) is 20.3 Å². The van der Waals surface area contributed by atoms with Gasteiger partial charge in [0.1, 0.15) is 0 Å². The second kappa shape index (κ2) is 11.1. The number of rotatable bonds is 9. The van der Waals surface area contributed by atoms with E-state index in [9.17, 15) is 13.2 Å². The first kappa shape index (κ1) is 26.3. The highest BCUT2D eigenvalue weighted by atomic mass is 32.2. The molecule has 3 aromatic carbocycles. The molecule has 0 fully saturated rings. The number of sulfonamides is 1. The Morgan fingerprint density at radius 3 is 2.32 bits per heavy atom. The van der Waals surface area contributed by atoms with E-state index in [1.807, 2.05) is 47.0 Å². The van der Waals surface area contributed by atoms with Crippen molar-refractivity contribution in [3.05, 3.63) is 95.3 Å². The van der Waals surface area contributed by atoms with E-state index in [2.05, 4.69) is 11.6 Å². The molecule has 0 aliphatic carbocycles. The highest BCUT2D eigenvalue weighted by Crippen LogP contribution is 2.33. The first-order valence-electron chi connectivity index (χ1n) is 11.3. The lowest BCUT2D eigenvalue weighted by Crippen LogP contribution is -2.26. The summed E-state index contributed by atoms with van der Waals surface area (Å²) in [5.74, 6) is 0.663. The monoisotopic (exact) mass is 537 g/mol. The Hall–Kier alpha value is -3.73. The van der Waals surface area contributed by atoms with Gasteiger partial charge in [-0.2, -0.15) is 9.30 Å². The maximum Gasteiger partial charge on any atom is 0.279 e. The van der Waals surface area contributed by atoms with Crippen molar-refractivity contribution in [3.8, 4) is 11.5 Å². The minimum atomic E-state index is -3.73. The van der Waals surface area contributed by atoms with Gasteiger partial charge in [0.2, 0.25) is 10.0 Å². The summed E-state index contributed by atoms with van der Waals surface area (Å²) in [5, 5.41) is 0. The molecule has 0 saturated heterocycles. The second-order valence-electron chi connectivity index (χ2n) is 8.15. The minimum Gasteiger partial charge on any atom is -0.493 e. The molecule has 0 unspecified atom stereocenters. The number of aromatic nitrogens is 1. The van der Waals surface area contributed by atoms with Crippen molar-refractivity contribution in [1.29, 1.82) is 0 Å². The fourth-order valence-electron chi connectivity index (χ4n) is 3.81. The number of amides is 1. The van der Waals surface area contributed by atoms with E-state index in [0.29, 0.717) is 22.8 Å². The summed E-state index contributed by atoms with van der Waals surface area (Å²) < 4.78 is 40.9. The van der Waals surface area contributed by atoms with Crippen molar-refractivity contribution in [2.24, 2.45) is 4.99 Å². The average Bonchev–Trinajstić information content (AvgIpc) is 3.24. The van der Waals surface area contributed by atoms with Crippen LogP contribution in [-0.4, -0.2) is 44.5 Å². The Kier molecular flexibility index (Phi) is 7.91. The van der Waals surface area contributed by atoms with Crippen LogP contribution < -0.4 is 14.3 Å². The smallest absolute Gasteiger partial charge is 0.279 e. The van der Waals surface area contributed by atoms with Gasteiger partial charge in [-0.3, -0.25) is 4.79 Å². The number of hydrogen-bond acceptors (Lipinski definition) is 6. The zero-order chi connectivity index (χ0) is 26.6. The minimum absolute atomic E-state index is 0.102. The molecule has 0 saturated carbocycles. The molecule has 10 heteroatoms. The zero-order valence-electron chi connectivity index (χ0n) is 20.7. The fourth-order valence-corrected chi connectivity index (χ4v) is 6.02. The summed E-state index contributed by atoms with van der Waals surface area (Å²) in [7, 11) is 0.924. The SMILES string of the molecule is C=CCn1c(=NC(=O)c2ccc(S(=O)(=O)N(C)Cc3ccccc3)cc2)sc2cc(OC)c(OC)cc21. The summed E-state index contributed by atoms with van der Waals surface area (Å²) in [5.41, 5.74) is 1.99. The molecule has 0 N–H and O–H groups in total. The number of thiazole rings is 1. The van der Waals surface area contributed by atoms with Crippen LogP contribution >= 0.6 is 11.3 Å². The largest absolute Gasteiger partial charge is 0.493 e. The summed E-state index contributed by atoms with van der Waals surface area (Å²) in [4.78, 5) is 17.9. The number of ether oxygens (including phenoxy) is 2. The Morgan fingerprint density at radius 2 is 1.70 bits per heavy atom. The number of hydrogen-bond donors (Lipinski definition) is 0. The van der Waals surface area contributed by atoms with Gasteiger partial charge in [0.15, 0.2) is 16.3 Å². The van der Waals surface area contributed by atoms with Crippen LogP contribution in [0.25, 0.3) is 10.2 Å². The van der Waals surface area contributed by atoms with E-state index in [-0.39, 0.29) is 17.0 Å². The lowest BCUT2D eigenvalue weighted by molar-refractivity contribution is 0.0997. The number of allylic oxidation sites excluding steroid dienone is 1. The van der Waals surface area contributed by atoms with Crippen LogP contribution in [0.4, 0.5) is 0 Å². The van der Waals surface area contributed by atoms with E-state index in [1.165, 1.54) is 47.0 Å². The Bertz CT molecular complexity index is 1610.